The molecular formula is C10H15N3S. The van der Waals surface area contributed by atoms with Gasteiger partial charge in [-0.15, -0.1) is 0 Å². The lowest BCUT2D eigenvalue weighted by atomic mass is 10.2. The zero-order chi connectivity index (χ0) is 9.80. The summed E-state index contributed by atoms with van der Waals surface area (Å²) in [5.41, 5.74) is 1.02. The van der Waals surface area contributed by atoms with Gasteiger partial charge in [0.05, 0.1) is 0 Å². The Morgan fingerprint density at radius 3 is 3.14 bits per heavy atom. The molecule has 0 bridgehead atoms. The van der Waals surface area contributed by atoms with E-state index in [-0.39, 0.29) is 0 Å². The third-order valence-corrected chi connectivity index (χ3v) is 3.53. The summed E-state index contributed by atoms with van der Waals surface area (Å²) in [4.78, 5) is 8.28. The number of aromatic nitrogens is 2. The van der Waals surface area contributed by atoms with Crippen LogP contribution in [-0.4, -0.2) is 27.5 Å². The van der Waals surface area contributed by atoms with Crippen molar-refractivity contribution in [1.29, 1.82) is 0 Å². The molecule has 0 amide bonds. The highest BCUT2D eigenvalue weighted by molar-refractivity contribution is 7.99. The first-order valence-corrected chi connectivity index (χ1v) is 6.13. The van der Waals surface area contributed by atoms with Crippen LogP contribution < -0.4 is 5.32 Å². The van der Waals surface area contributed by atoms with Gasteiger partial charge in [0.15, 0.2) is 0 Å². The van der Waals surface area contributed by atoms with Crippen molar-refractivity contribution in [2.75, 3.05) is 16.8 Å². The van der Waals surface area contributed by atoms with Crippen LogP contribution in [-0.2, 0) is 0 Å². The predicted octanol–water partition coefficient (Wildman–Crippen LogP) is 2.09. The topological polar surface area (TPSA) is 37.8 Å². The Hall–Kier alpha value is -0.770. The molecule has 0 radical (unpaired) electrons. The van der Waals surface area contributed by atoms with Crippen LogP contribution in [0.15, 0.2) is 12.4 Å². The second-order valence-corrected chi connectivity index (χ2v) is 4.75. The molecule has 4 heteroatoms. The Morgan fingerprint density at radius 2 is 2.43 bits per heavy atom. The molecule has 1 aromatic heterocycles. The summed E-state index contributed by atoms with van der Waals surface area (Å²) in [6, 6.07) is 2.59. The van der Waals surface area contributed by atoms with Gasteiger partial charge in [-0.2, -0.15) is 11.8 Å². The van der Waals surface area contributed by atoms with Crippen LogP contribution in [0.1, 0.15) is 18.5 Å². The maximum atomic E-state index is 4.20. The summed E-state index contributed by atoms with van der Waals surface area (Å²) in [5.74, 6) is 3.47. The SMILES string of the molecule is Cc1cc(NC2CCCSC2)ncn1. The summed E-state index contributed by atoms with van der Waals surface area (Å²) >= 11 is 2.02. The van der Waals surface area contributed by atoms with Gasteiger partial charge in [-0.3, -0.25) is 0 Å². The van der Waals surface area contributed by atoms with Crippen LogP contribution in [0.25, 0.3) is 0 Å². The van der Waals surface area contributed by atoms with Gasteiger partial charge in [0, 0.05) is 23.6 Å². The van der Waals surface area contributed by atoms with Gasteiger partial charge in [0.2, 0.25) is 0 Å². The van der Waals surface area contributed by atoms with Gasteiger partial charge in [0.25, 0.3) is 0 Å². The first-order chi connectivity index (χ1) is 6.84. The van der Waals surface area contributed by atoms with Gasteiger partial charge in [0.1, 0.15) is 12.1 Å². The third-order valence-electron chi connectivity index (χ3n) is 2.32. The van der Waals surface area contributed by atoms with Gasteiger partial charge in [-0.25, -0.2) is 9.97 Å². The molecule has 76 valence electrons. The molecule has 1 fully saturated rings. The molecule has 0 aliphatic carbocycles. The molecule has 1 saturated heterocycles. The van der Waals surface area contributed by atoms with E-state index in [2.05, 4.69) is 15.3 Å². The molecule has 2 heterocycles. The Balaban J connectivity index is 1.95. The van der Waals surface area contributed by atoms with Crippen LogP contribution in [0.2, 0.25) is 0 Å². The molecular weight excluding hydrogens is 194 g/mol. The number of rotatable bonds is 2. The highest BCUT2D eigenvalue weighted by Crippen LogP contribution is 2.19. The Kier molecular flexibility index (Phi) is 3.24. The van der Waals surface area contributed by atoms with Crippen molar-refractivity contribution >= 4 is 17.6 Å². The van der Waals surface area contributed by atoms with Crippen molar-refractivity contribution < 1.29 is 0 Å². The summed E-state index contributed by atoms with van der Waals surface area (Å²) in [7, 11) is 0. The lowest BCUT2D eigenvalue weighted by Gasteiger charge is -2.22. The molecule has 1 unspecified atom stereocenters. The zero-order valence-electron chi connectivity index (χ0n) is 8.36. The smallest absolute Gasteiger partial charge is 0.129 e. The summed E-state index contributed by atoms with van der Waals surface area (Å²) < 4.78 is 0. The predicted molar refractivity (Wildman–Crippen MR) is 60.7 cm³/mol. The number of hydrogen-bond acceptors (Lipinski definition) is 4. The number of nitrogens with zero attached hydrogens (tertiary/aromatic N) is 2. The maximum Gasteiger partial charge on any atom is 0.129 e. The van der Waals surface area contributed by atoms with Gasteiger partial charge < -0.3 is 5.32 Å². The highest BCUT2D eigenvalue weighted by atomic mass is 32.2. The number of thioether (sulfide) groups is 1. The maximum absolute atomic E-state index is 4.20. The van der Waals surface area contributed by atoms with Gasteiger partial charge >= 0.3 is 0 Å². The fourth-order valence-corrected chi connectivity index (χ4v) is 2.67. The van der Waals surface area contributed by atoms with Crippen LogP contribution in [0.4, 0.5) is 5.82 Å². The monoisotopic (exact) mass is 209 g/mol. The van der Waals surface area contributed by atoms with Crippen LogP contribution in [0.5, 0.6) is 0 Å². The van der Waals surface area contributed by atoms with Crippen molar-refractivity contribution in [3.8, 4) is 0 Å². The molecule has 1 aliphatic heterocycles. The van der Waals surface area contributed by atoms with E-state index in [1.54, 1.807) is 6.33 Å². The zero-order valence-corrected chi connectivity index (χ0v) is 9.18. The number of anilines is 1. The van der Waals surface area contributed by atoms with E-state index in [0.717, 1.165) is 11.5 Å². The number of nitrogens with one attached hydrogen (secondary N) is 1. The molecule has 0 spiro atoms. The first kappa shape index (κ1) is 9.77. The third kappa shape index (κ3) is 2.61. The summed E-state index contributed by atoms with van der Waals surface area (Å²) in [6.07, 6.45) is 4.19. The lowest BCUT2D eigenvalue weighted by molar-refractivity contribution is 0.682. The van der Waals surface area contributed by atoms with E-state index >= 15 is 0 Å². The van der Waals surface area contributed by atoms with Gasteiger partial charge in [-0.05, 0) is 25.5 Å². The minimum Gasteiger partial charge on any atom is -0.366 e. The fourth-order valence-electron chi connectivity index (χ4n) is 1.60. The standard InChI is InChI=1S/C10H15N3S/c1-8-5-10(12-7-11-8)13-9-3-2-4-14-6-9/h5,7,9H,2-4,6H2,1H3,(H,11,12,13). The van der Waals surface area contributed by atoms with Gasteiger partial charge in [-0.1, -0.05) is 0 Å². The average molecular weight is 209 g/mol. The molecule has 1 atom stereocenters. The van der Waals surface area contributed by atoms with Crippen LogP contribution in [0, 0.1) is 6.92 Å². The van der Waals surface area contributed by atoms with E-state index in [0.29, 0.717) is 6.04 Å². The first-order valence-electron chi connectivity index (χ1n) is 4.97. The van der Waals surface area contributed by atoms with Crippen molar-refractivity contribution in [3.05, 3.63) is 18.1 Å². The Morgan fingerprint density at radius 1 is 1.50 bits per heavy atom. The molecule has 1 aromatic rings. The molecule has 3 nitrogen and oxygen atoms in total. The minimum absolute atomic E-state index is 0.586. The van der Waals surface area contributed by atoms with Crippen molar-refractivity contribution in [3.63, 3.8) is 0 Å². The van der Waals surface area contributed by atoms with Crippen LogP contribution in [0.3, 0.4) is 0 Å². The lowest BCUT2D eigenvalue weighted by Crippen LogP contribution is -2.26. The second kappa shape index (κ2) is 4.64. The number of hydrogen-bond donors (Lipinski definition) is 1. The molecule has 0 aromatic carbocycles. The Bertz CT molecular complexity index is 297. The largest absolute Gasteiger partial charge is 0.366 e. The number of aryl methyl sites for hydroxylation is 1. The molecule has 2 rings (SSSR count). The van der Waals surface area contributed by atoms with E-state index in [4.69, 9.17) is 0 Å². The van der Waals surface area contributed by atoms with Crippen molar-refractivity contribution in [2.45, 2.75) is 25.8 Å². The highest BCUT2D eigenvalue weighted by Gasteiger charge is 2.13. The fraction of sp³-hybridized carbons (Fsp3) is 0.600. The summed E-state index contributed by atoms with van der Waals surface area (Å²) in [6.45, 7) is 1.99. The van der Waals surface area contributed by atoms with E-state index in [1.807, 2.05) is 24.8 Å². The quantitative estimate of drug-likeness (QED) is 0.809. The second-order valence-electron chi connectivity index (χ2n) is 3.60. The van der Waals surface area contributed by atoms with E-state index in [1.165, 1.54) is 24.3 Å². The van der Waals surface area contributed by atoms with E-state index < -0.39 is 0 Å². The average Bonchev–Trinajstić information content (AvgIpc) is 2.19. The molecule has 1 aliphatic rings. The molecule has 0 saturated carbocycles. The van der Waals surface area contributed by atoms with E-state index in [9.17, 15) is 0 Å². The minimum atomic E-state index is 0.586. The Labute approximate surface area is 88.7 Å². The summed E-state index contributed by atoms with van der Waals surface area (Å²) in [5, 5.41) is 3.45. The van der Waals surface area contributed by atoms with Crippen molar-refractivity contribution in [2.24, 2.45) is 0 Å². The normalized spacial score (nSPS) is 21.9. The van der Waals surface area contributed by atoms with Crippen molar-refractivity contribution in [1.82, 2.24) is 9.97 Å². The molecule has 14 heavy (non-hydrogen) atoms. The molecule has 1 N–H and O–H groups in total. The van der Waals surface area contributed by atoms with Crippen LogP contribution >= 0.6 is 11.8 Å².